The lowest BCUT2D eigenvalue weighted by Gasteiger charge is -2.30. The van der Waals surface area contributed by atoms with Crippen LogP contribution in [0.3, 0.4) is 0 Å². The third-order valence-corrected chi connectivity index (χ3v) is 3.48. The van der Waals surface area contributed by atoms with E-state index >= 15 is 0 Å². The van der Waals surface area contributed by atoms with Crippen molar-refractivity contribution in [3.8, 4) is 0 Å². The van der Waals surface area contributed by atoms with E-state index in [1.54, 1.807) is 12.1 Å². The summed E-state index contributed by atoms with van der Waals surface area (Å²) in [4.78, 5) is 25.4. The zero-order valence-electron chi connectivity index (χ0n) is 9.43. The van der Waals surface area contributed by atoms with E-state index in [4.69, 9.17) is 22.1 Å². The first kappa shape index (κ1) is 11.5. The zero-order chi connectivity index (χ0) is 12.9. The Bertz CT molecular complexity index is 524. The molecule has 0 aliphatic carbocycles. The summed E-state index contributed by atoms with van der Waals surface area (Å²) in [6.07, 6.45) is 0.0791. The van der Waals surface area contributed by atoms with E-state index in [0.717, 1.165) is 4.90 Å². The molecule has 2 bridgehead atoms. The smallest absolute Gasteiger partial charge is 0.263 e. The lowest BCUT2D eigenvalue weighted by atomic mass is 10.2. The number of rotatable bonds is 1. The van der Waals surface area contributed by atoms with Gasteiger partial charge in [-0.05, 0) is 31.0 Å². The van der Waals surface area contributed by atoms with Gasteiger partial charge in [0.15, 0.2) is 0 Å². The topological polar surface area (TPSA) is 72.6 Å². The van der Waals surface area contributed by atoms with Gasteiger partial charge in [-0.25, -0.2) is 4.90 Å². The van der Waals surface area contributed by atoms with Crippen LogP contribution in [0.5, 0.6) is 0 Å². The van der Waals surface area contributed by atoms with Crippen LogP contribution in [0.1, 0.15) is 12.8 Å². The fourth-order valence-corrected chi connectivity index (χ4v) is 2.51. The molecule has 5 nitrogen and oxygen atoms in total. The van der Waals surface area contributed by atoms with Crippen LogP contribution in [0.2, 0.25) is 5.02 Å². The van der Waals surface area contributed by atoms with Crippen molar-refractivity contribution in [3.63, 3.8) is 0 Å². The fraction of sp³-hybridized carbons (Fsp3) is 0.333. The van der Waals surface area contributed by atoms with Gasteiger partial charge in [-0.2, -0.15) is 0 Å². The van der Waals surface area contributed by atoms with Gasteiger partial charge in [-0.1, -0.05) is 11.6 Å². The van der Waals surface area contributed by atoms with Gasteiger partial charge in [-0.3, -0.25) is 9.59 Å². The van der Waals surface area contributed by atoms with E-state index in [2.05, 4.69) is 0 Å². The maximum Gasteiger partial charge on any atom is 0.263 e. The molecule has 2 fully saturated rings. The summed E-state index contributed by atoms with van der Waals surface area (Å²) >= 11 is 5.88. The Hall–Kier alpha value is -1.59. The molecule has 1 aromatic rings. The van der Waals surface area contributed by atoms with Crippen LogP contribution in [0, 0.1) is 0 Å². The number of ether oxygens (including phenoxy) is 1. The summed E-state index contributed by atoms with van der Waals surface area (Å²) in [6.45, 7) is 0. The Morgan fingerprint density at radius 2 is 1.83 bits per heavy atom. The second kappa shape index (κ2) is 3.96. The number of carbonyl (C=O) groups is 2. The van der Waals surface area contributed by atoms with Crippen molar-refractivity contribution < 1.29 is 14.3 Å². The molecule has 0 radical (unpaired) electrons. The van der Waals surface area contributed by atoms with Crippen LogP contribution < -0.4 is 10.6 Å². The lowest BCUT2D eigenvalue weighted by molar-refractivity contribution is -0.146. The van der Waals surface area contributed by atoms with Crippen molar-refractivity contribution in [1.29, 1.82) is 0 Å². The SMILES string of the molecule is Nc1ccc(Cl)cc1N1C(=O)C2CCC(O2)C1=O. The van der Waals surface area contributed by atoms with E-state index < -0.39 is 12.2 Å². The number of morpholine rings is 1. The first-order chi connectivity index (χ1) is 8.58. The van der Waals surface area contributed by atoms with E-state index in [-0.39, 0.29) is 11.8 Å². The molecular formula is C12H11ClN2O3. The van der Waals surface area contributed by atoms with Gasteiger partial charge in [0.1, 0.15) is 12.2 Å². The van der Waals surface area contributed by atoms with Crippen molar-refractivity contribution in [3.05, 3.63) is 23.2 Å². The molecule has 2 saturated heterocycles. The molecular weight excluding hydrogens is 256 g/mol. The average Bonchev–Trinajstić information content (AvgIpc) is 2.78. The minimum atomic E-state index is -0.536. The Morgan fingerprint density at radius 3 is 2.44 bits per heavy atom. The molecule has 2 N–H and O–H groups in total. The minimum Gasteiger partial charge on any atom is -0.397 e. The van der Waals surface area contributed by atoms with Gasteiger partial charge in [0.05, 0.1) is 11.4 Å². The molecule has 2 amide bonds. The standard InChI is InChI=1S/C12H11ClN2O3/c13-6-1-2-7(14)8(5-6)15-11(16)9-3-4-10(18-9)12(15)17/h1-2,5,9-10H,3-4,14H2. The normalized spacial score (nSPS) is 26.8. The van der Waals surface area contributed by atoms with Crippen LogP contribution in [0.15, 0.2) is 18.2 Å². The van der Waals surface area contributed by atoms with Crippen molar-refractivity contribution in [1.82, 2.24) is 0 Å². The number of nitrogen functional groups attached to an aromatic ring is 1. The Kier molecular flexibility index (Phi) is 2.53. The highest BCUT2D eigenvalue weighted by Crippen LogP contribution is 2.35. The van der Waals surface area contributed by atoms with Crippen molar-refractivity contribution >= 4 is 34.8 Å². The molecule has 0 saturated carbocycles. The minimum absolute atomic E-state index is 0.345. The molecule has 0 aromatic heterocycles. The van der Waals surface area contributed by atoms with Crippen LogP contribution >= 0.6 is 11.6 Å². The van der Waals surface area contributed by atoms with Gasteiger partial charge >= 0.3 is 0 Å². The number of benzene rings is 1. The van der Waals surface area contributed by atoms with Crippen LogP contribution in [-0.2, 0) is 14.3 Å². The van der Waals surface area contributed by atoms with Gasteiger partial charge in [-0.15, -0.1) is 0 Å². The third-order valence-electron chi connectivity index (χ3n) is 3.24. The number of imide groups is 1. The summed E-state index contributed by atoms with van der Waals surface area (Å²) in [6, 6.07) is 4.72. The predicted molar refractivity (Wildman–Crippen MR) is 66.3 cm³/mol. The van der Waals surface area contributed by atoms with Gasteiger partial charge in [0.25, 0.3) is 11.8 Å². The van der Waals surface area contributed by atoms with E-state index in [1.165, 1.54) is 6.07 Å². The molecule has 94 valence electrons. The van der Waals surface area contributed by atoms with Crippen molar-refractivity contribution in [2.24, 2.45) is 0 Å². The molecule has 0 spiro atoms. The number of nitrogens with two attached hydrogens (primary N) is 1. The number of anilines is 2. The largest absolute Gasteiger partial charge is 0.397 e. The van der Waals surface area contributed by atoms with Crippen molar-refractivity contribution in [2.45, 2.75) is 25.0 Å². The van der Waals surface area contributed by atoms with E-state index in [0.29, 0.717) is 29.2 Å². The number of nitrogens with zero attached hydrogens (tertiary/aromatic N) is 1. The van der Waals surface area contributed by atoms with Crippen LogP contribution in [-0.4, -0.2) is 24.0 Å². The lowest BCUT2D eigenvalue weighted by Crippen LogP contribution is -2.52. The summed E-state index contributed by atoms with van der Waals surface area (Å²) in [5.41, 5.74) is 6.50. The highest BCUT2D eigenvalue weighted by Gasteiger charge is 2.47. The number of amides is 2. The fourth-order valence-electron chi connectivity index (χ4n) is 2.34. The number of halogens is 1. The number of carbonyl (C=O) groups excluding carboxylic acids is 2. The maximum atomic E-state index is 12.1. The third kappa shape index (κ3) is 1.59. The molecule has 6 heteroatoms. The van der Waals surface area contributed by atoms with Gasteiger partial charge in [0.2, 0.25) is 0 Å². The van der Waals surface area contributed by atoms with Crippen LogP contribution in [0.4, 0.5) is 11.4 Å². The summed E-state index contributed by atoms with van der Waals surface area (Å²) in [5, 5.41) is 0.429. The molecule has 2 atom stereocenters. The molecule has 2 unspecified atom stereocenters. The quantitative estimate of drug-likeness (QED) is 0.615. The van der Waals surface area contributed by atoms with Crippen molar-refractivity contribution in [2.75, 3.05) is 10.6 Å². The first-order valence-corrected chi connectivity index (χ1v) is 6.04. The summed E-state index contributed by atoms with van der Waals surface area (Å²) in [7, 11) is 0. The van der Waals surface area contributed by atoms with Gasteiger partial charge in [0, 0.05) is 5.02 Å². The summed E-state index contributed by atoms with van der Waals surface area (Å²) < 4.78 is 5.33. The second-order valence-electron chi connectivity index (χ2n) is 4.41. The molecule has 2 heterocycles. The Morgan fingerprint density at radius 1 is 1.22 bits per heavy atom. The van der Waals surface area contributed by atoms with E-state index in [1.807, 2.05) is 0 Å². The monoisotopic (exact) mass is 266 g/mol. The van der Waals surface area contributed by atoms with Crippen LogP contribution in [0.25, 0.3) is 0 Å². The first-order valence-electron chi connectivity index (χ1n) is 5.66. The van der Waals surface area contributed by atoms with E-state index in [9.17, 15) is 9.59 Å². The molecule has 18 heavy (non-hydrogen) atoms. The Labute approximate surface area is 108 Å². The number of hydrogen-bond acceptors (Lipinski definition) is 4. The molecule has 3 rings (SSSR count). The molecule has 2 aliphatic heterocycles. The molecule has 2 aliphatic rings. The zero-order valence-corrected chi connectivity index (χ0v) is 10.2. The summed E-state index contributed by atoms with van der Waals surface area (Å²) in [5.74, 6) is -0.717. The highest BCUT2D eigenvalue weighted by atomic mass is 35.5. The molecule has 1 aromatic carbocycles. The maximum absolute atomic E-state index is 12.1. The number of hydrogen-bond donors (Lipinski definition) is 1. The predicted octanol–water partition coefficient (Wildman–Crippen LogP) is 1.34. The second-order valence-corrected chi connectivity index (χ2v) is 4.84. The average molecular weight is 267 g/mol. The Balaban J connectivity index is 2.07. The number of fused-ring (bicyclic) bond motifs is 2. The van der Waals surface area contributed by atoms with Gasteiger partial charge < -0.3 is 10.5 Å². The highest BCUT2D eigenvalue weighted by molar-refractivity contribution is 6.31.